The molecule has 0 spiro atoms. The van der Waals surface area contributed by atoms with Crippen molar-refractivity contribution in [3.63, 3.8) is 0 Å². The van der Waals surface area contributed by atoms with Gasteiger partial charge >= 0.3 is 0 Å². The molecule has 18 heavy (non-hydrogen) atoms. The van der Waals surface area contributed by atoms with Gasteiger partial charge in [0.25, 0.3) is 0 Å². The lowest BCUT2D eigenvalue weighted by Gasteiger charge is -2.29. The Morgan fingerprint density at radius 3 is 2.44 bits per heavy atom. The Hall–Kier alpha value is -0.523. The molecule has 0 unspecified atom stereocenters. The molecule has 0 fully saturated rings. The van der Waals surface area contributed by atoms with Crippen LogP contribution >= 0.6 is 0 Å². The van der Waals surface area contributed by atoms with Crippen LogP contribution in [0, 0.1) is 18.3 Å². The summed E-state index contributed by atoms with van der Waals surface area (Å²) in [5.41, 5.74) is 1.20. The van der Waals surface area contributed by atoms with Gasteiger partial charge < -0.3 is 4.43 Å². The molecule has 1 aliphatic rings. The predicted octanol–water partition coefficient (Wildman–Crippen LogP) is 4.76. The monoisotopic (exact) mass is 264 g/mol. The van der Waals surface area contributed by atoms with E-state index < -0.39 is 8.32 Å². The molecule has 102 valence electrons. The van der Waals surface area contributed by atoms with Crippen molar-refractivity contribution in [3.8, 4) is 12.3 Å². The molecule has 1 atom stereocenters. The molecular formula is C16H28OSi. The first-order valence-corrected chi connectivity index (χ1v) is 10.0. The lowest BCUT2D eigenvalue weighted by molar-refractivity contribution is 0.256. The van der Waals surface area contributed by atoms with Crippen molar-refractivity contribution >= 4 is 8.32 Å². The molecule has 0 heterocycles. The molecule has 0 saturated heterocycles. The van der Waals surface area contributed by atoms with Crippen molar-refractivity contribution in [3.05, 3.63) is 11.6 Å². The summed E-state index contributed by atoms with van der Waals surface area (Å²) >= 11 is 0. The lowest BCUT2D eigenvalue weighted by atomic mass is 9.88. The fraction of sp³-hybridized carbons (Fsp3) is 0.750. The quantitative estimate of drug-likeness (QED) is 0.476. The standard InChI is InChI=1S/C16H28OSi/c1-5-15-9-11-16(12-10-15)13-14-17-18(6-2,7-3)8-4/h1,9,16H,6-8,10-14H2,2-4H3/t16-/m0/s1. The SMILES string of the molecule is C#CC1=CC[C@H](CCO[Si](CC)(CC)CC)CC1. The van der Waals surface area contributed by atoms with Gasteiger partial charge in [0.05, 0.1) is 0 Å². The van der Waals surface area contributed by atoms with Gasteiger partial charge in [-0.3, -0.25) is 0 Å². The van der Waals surface area contributed by atoms with Crippen LogP contribution < -0.4 is 0 Å². The van der Waals surface area contributed by atoms with Gasteiger partial charge in [-0.1, -0.05) is 32.8 Å². The van der Waals surface area contributed by atoms with E-state index in [1.54, 1.807) is 0 Å². The normalized spacial score (nSPS) is 20.3. The van der Waals surface area contributed by atoms with Crippen molar-refractivity contribution in [2.24, 2.45) is 5.92 Å². The van der Waals surface area contributed by atoms with Gasteiger partial charge in [-0.2, -0.15) is 0 Å². The number of terminal acetylenes is 1. The highest BCUT2D eigenvalue weighted by Gasteiger charge is 2.28. The molecule has 0 saturated carbocycles. The van der Waals surface area contributed by atoms with E-state index in [9.17, 15) is 0 Å². The first kappa shape index (κ1) is 15.5. The number of hydrogen-bond donors (Lipinski definition) is 0. The summed E-state index contributed by atoms with van der Waals surface area (Å²) in [5, 5.41) is 0. The van der Waals surface area contributed by atoms with E-state index in [1.807, 2.05) is 0 Å². The van der Waals surface area contributed by atoms with Gasteiger partial charge in [0, 0.05) is 6.61 Å². The Balaban J connectivity index is 2.30. The van der Waals surface area contributed by atoms with E-state index in [0.717, 1.165) is 25.4 Å². The van der Waals surface area contributed by atoms with Crippen molar-refractivity contribution in [2.45, 2.75) is 64.6 Å². The molecule has 0 aliphatic heterocycles. The van der Waals surface area contributed by atoms with Crippen LogP contribution in [-0.4, -0.2) is 14.9 Å². The number of allylic oxidation sites excluding steroid dienone is 2. The minimum atomic E-state index is -1.37. The van der Waals surface area contributed by atoms with E-state index >= 15 is 0 Å². The van der Waals surface area contributed by atoms with E-state index in [-0.39, 0.29) is 0 Å². The molecule has 1 aliphatic carbocycles. The molecule has 0 aromatic carbocycles. The first-order chi connectivity index (χ1) is 8.69. The molecule has 1 nitrogen and oxygen atoms in total. The van der Waals surface area contributed by atoms with Crippen LogP contribution in [0.3, 0.4) is 0 Å². The summed E-state index contributed by atoms with van der Waals surface area (Å²) in [6, 6.07) is 3.77. The second-order valence-electron chi connectivity index (χ2n) is 5.39. The van der Waals surface area contributed by atoms with Gasteiger partial charge in [0.1, 0.15) is 0 Å². The van der Waals surface area contributed by atoms with Crippen LogP contribution in [0.15, 0.2) is 11.6 Å². The van der Waals surface area contributed by atoms with Crippen LogP contribution in [-0.2, 0) is 4.43 Å². The van der Waals surface area contributed by atoms with Crippen molar-refractivity contribution < 1.29 is 4.43 Å². The van der Waals surface area contributed by atoms with Crippen LogP contribution in [0.5, 0.6) is 0 Å². The van der Waals surface area contributed by atoms with E-state index in [4.69, 9.17) is 10.8 Å². The van der Waals surface area contributed by atoms with Crippen molar-refractivity contribution in [1.29, 1.82) is 0 Å². The maximum absolute atomic E-state index is 6.31. The molecule has 1 rings (SSSR count). The van der Waals surface area contributed by atoms with Gasteiger partial charge in [0.2, 0.25) is 0 Å². The van der Waals surface area contributed by atoms with Gasteiger partial charge in [-0.05, 0) is 55.3 Å². The van der Waals surface area contributed by atoms with Gasteiger partial charge in [0.15, 0.2) is 8.32 Å². The molecule has 2 heteroatoms. The summed E-state index contributed by atoms with van der Waals surface area (Å²) in [7, 11) is -1.37. The maximum atomic E-state index is 6.31. The average molecular weight is 264 g/mol. The zero-order valence-electron chi connectivity index (χ0n) is 12.3. The molecule has 0 aromatic heterocycles. The molecule has 0 radical (unpaired) electrons. The number of rotatable bonds is 7. The van der Waals surface area contributed by atoms with Crippen molar-refractivity contribution in [2.75, 3.05) is 6.61 Å². The topological polar surface area (TPSA) is 9.23 Å². The Morgan fingerprint density at radius 1 is 1.33 bits per heavy atom. The molecule has 0 bridgehead atoms. The highest BCUT2D eigenvalue weighted by molar-refractivity contribution is 6.73. The minimum absolute atomic E-state index is 0.791. The highest BCUT2D eigenvalue weighted by Crippen LogP contribution is 2.27. The summed E-state index contributed by atoms with van der Waals surface area (Å²) in [6.07, 6.45) is 12.4. The molecule has 0 N–H and O–H groups in total. The highest BCUT2D eigenvalue weighted by atomic mass is 28.4. The molecule has 0 aromatic rings. The Kier molecular flexibility index (Phi) is 6.74. The third-order valence-corrected chi connectivity index (χ3v) is 9.25. The van der Waals surface area contributed by atoms with E-state index in [2.05, 4.69) is 32.8 Å². The van der Waals surface area contributed by atoms with Crippen LogP contribution in [0.25, 0.3) is 0 Å². The van der Waals surface area contributed by atoms with Crippen LogP contribution in [0.4, 0.5) is 0 Å². The zero-order valence-corrected chi connectivity index (χ0v) is 13.3. The van der Waals surface area contributed by atoms with Crippen LogP contribution in [0.2, 0.25) is 18.1 Å². The fourth-order valence-electron chi connectivity index (χ4n) is 2.78. The number of hydrogen-bond acceptors (Lipinski definition) is 1. The molecule has 0 amide bonds. The second-order valence-corrected chi connectivity index (χ2v) is 10.2. The Labute approximate surface area is 114 Å². The third kappa shape index (κ3) is 4.30. The summed E-state index contributed by atoms with van der Waals surface area (Å²) in [6.45, 7) is 7.84. The predicted molar refractivity (Wildman–Crippen MR) is 82.0 cm³/mol. The largest absolute Gasteiger partial charge is 0.417 e. The van der Waals surface area contributed by atoms with E-state index in [1.165, 1.54) is 36.5 Å². The minimum Gasteiger partial charge on any atom is -0.417 e. The Morgan fingerprint density at radius 2 is 2.00 bits per heavy atom. The van der Waals surface area contributed by atoms with E-state index in [0.29, 0.717) is 0 Å². The molecular weight excluding hydrogens is 236 g/mol. The third-order valence-electron chi connectivity index (χ3n) is 4.57. The lowest BCUT2D eigenvalue weighted by Crippen LogP contribution is -2.36. The first-order valence-electron chi connectivity index (χ1n) is 7.49. The maximum Gasteiger partial charge on any atom is 0.191 e. The van der Waals surface area contributed by atoms with Crippen LogP contribution in [0.1, 0.15) is 46.5 Å². The summed E-state index contributed by atoms with van der Waals surface area (Å²) in [4.78, 5) is 0. The second kappa shape index (κ2) is 7.81. The summed E-state index contributed by atoms with van der Waals surface area (Å²) in [5.74, 6) is 3.56. The average Bonchev–Trinajstić information content (AvgIpc) is 2.45. The fourth-order valence-corrected chi connectivity index (χ4v) is 5.44. The summed E-state index contributed by atoms with van der Waals surface area (Å²) < 4.78 is 6.31. The van der Waals surface area contributed by atoms with Gasteiger partial charge in [-0.25, -0.2) is 0 Å². The smallest absolute Gasteiger partial charge is 0.191 e. The van der Waals surface area contributed by atoms with Crippen molar-refractivity contribution in [1.82, 2.24) is 0 Å². The Bertz CT molecular complexity index is 301. The van der Waals surface area contributed by atoms with Gasteiger partial charge in [-0.15, -0.1) is 6.42 Å². The zero-order chi connectivity index (χ0) is 13.4.